The molecule has 0 aliphatic rings. The Morgan fingerprint density at radius 2 is 2.00 bits per heavy atom. The Hall–Kier alpha value is -1.99. The van der Waals surface area contributed by atoms with Crippen LogP contribution in [0.1, 0.15) is 19.7 Å². The van der Waals surface area contributed by atoms with E-state index in [1.54, 1.807) is 0 Å². The zero-order valence-corrected chi connectivity index (χ0v) is 9.21. The first-order valence-electron chi connectivity index (χ1n) is 4.55. The maximum Gasteiger partial charge on any atom is 0.342 e. The van der Waals surface area contributed by atoms with E-state index in [1.165, 1.54) is 25.5 Å². The predicted octanol–water partition coefficient (Wildman–Crippen LogP) is 0.926. The van der Waals surface area contributed by atoms with Gasteiger partial charge in [0.25, 0.3) is 0 Å². The molecule has 0 unspecified atom stereocenters. The van der Waals surface area contributed by atoms with Crippen LogP contribution in [-0.2, 0) is 13.5 Å². The van der Waals surface area contributed by atoms with Crippen LogP contribution in [0.4, 0.5) is 5.82 Å². The summed E-state index contributed by atoms with van der Waals surface area (Å²) in [5.41, 5.74) is -1.19. The van der Waals surface area contributed by atoms with Crippen LogP contribution in [0.5, 0.6) is 0 Å². The van der Waals surface area contributed by atoms with E-state index in [2.05, 4.69) is 4.98 Å². The summed E-state index contributed by atoms with van der Waals surface area (Å²) in [4.78, 5) is 24.1. The first kappa shape index (κ1) is 12.1. The Bertz CT molecular complexity index is 437. The summed E-state index contributed by atoms with van der Waals surface area (Å²) < 4.78 is 1.26. The number of nitro groups is 2. The molecule has 8 heteroatoms. The van der Waals surface area contributed by atoms with Crippen molar-refractivity contribution in [3.05, 3.63) is 32.2 Å². The molecule has 0 aliphatic carbocycles. The summed E-state index contributed by atoms with van der Waals surface area (Å²) in [5.74, 6) is 0.155. The molecule has 0 saturated carbocycles. The average molecular weight is 228 g/mol. The molecule has 0 amide bonds. The molecule has 0 aromatic carbocycles. The summed E-state index contributed by atoms with van der Waals surface area (Å²) in [6, 6.07) is 0. The van der Waals surface area contributed by atoms with Gasteiger partial charge in [0.05, 0.1) is 13.5 Å². The van der Waals surface area contributed by atoms with Gasteiger partial charge in [-0.1, -0.05) is 0 Å². The molecule has 0 aliphatic heterocycles. The zero-order valence-electron chi connectivity index (χ0n) is 9.21. The van der Waals surface area contributed by atoms with E-state index in [0.717, 1.165) is 6.20 Å². The van der Waals surface area contributed by atoms with Gasteiger partial charge in [0.2, 0.25) is 11.4 Å². The Balaban J connectivity index is 3.00. The molecular weight excluding hydrogens is 216 g/mol. The van der Waals surface area contributed by atoms with Crippen LogP contribution in [0, 0.1) is 20.2 Å². The van der Waals surface area contributed by atoms with Crippen molar-refractivity contribution >= 4 is 5.82 Å². The van der Waals surface area contributed by atoms with Gasteiger partial charge in [-0.3, -0.25) is 10.1 Å². The van der Waals surface area contributed by atoms with E-state index in [9.17, 15) is 20.2 Å². The van der Waals surface area contributed by atoms with Crippen molar-refractivity contribution in [2.45, 2.75) is 25.8 Å². The van der Waals surface area contributed by atoms with Gasteiger partial charge in [0.15, 0.2) is 0 Å². The van der Waals surface area contributed by atoms with E-state index < -0.39 is 15.4 Å². The van der Waals surface area contributed by atoms with Gasteiger partial charge in [0, 0.05) is 18.8 Å². The van der Waals surface area contributed by atoms with E-state index in [-0.39, 0.29) is 12.2 Å². The molecule has 0 bridgehead atoms. The monoisotopic (exact) mass is 228 g/mol. The fraction of sp³-hybridized carbons (Fsp3) is 0.625. The van der Waals surface area contributed by atoms with E-state index in [1.807, 2.05) is 0 Å². The van der Waals surface area contributed by atoms with Crippen LogP contribution in [0.25, 0.3) is 0 Å². The molecule has 8 nitrogen and oxygen atoms in total. The maximum atomic E-state index is 10.7. The van der Waals surface area contributed by atoms with Crippen molar-refractivity contribution < 1.29 is 9.85 Å². The van der Waals surface area contributed by atoms with E-state index in [4.69, 9.17) is 0 Å². The van der Waals surface area contributed by atoms with E-state index >= 15 is 0 Å². The first-order chi connectivity index (χ1) is 7.25. The van der Waals surface area contributed by atoms with Crippen molar-refractivity contribution in [1.82, 2.24) is 9.55 Å². The third kappa shape index (κ3) is 2.15. The van der Waals surface area contributed by atoms with Gasteiger partial charge in [-0.25, -0.2) is 9.55 Å². The molecule has 0 spiro atoms. The third-order valence-electron chi connectivity index (χ3n) is 2.33. The lowest BCUT2D eigenvalue weighted by Crippen LogP contribution is -2.34. The highest BCUT2D eigenvalue weighted by Crippen LogP contribution is 2.18. The highest BCUT2D eigenvalue weighted by Gasteiger charge is 2.35. The van der Waals surface area contributed by atoms with Gasteiger partial charge in [-0.05, 0) is 4.92 Å². The number of rotatable bonds is 4. The lowest BCUT2D eigenvalue weighted by atomic mass is 10.0. The van der Waals surface area contributed by atoms with Gasteiger partial charge in [0.1, 0.15) is 6.20 Å². The minimum Gasteiger partial charge on any atom is -0.358 e. The van der Waals surface area contributed by atoms with Crippen LogP contribution >= 0.6 is 0 Å². The fourth-order valence-electron chi connectivity index (χ4n) is 1.22. The van der Waals surface area contributed by atoms with Crippen LogP contribution in [-0.4, -0.2) is 24.9 Å². The molecule has 0 radical (unpaired) electrons. The molecule has 1 heterocycles. The summed E-state index contributed by atoms with van der Waals surface area (Å²) in [5, 5.41) is 21.3. The minimum absolute atomic E-state index is 0.0460. The number of hydrogen-bond acceptors (Lipinski definition) is 5. The van der Waals surface area contributed by atoms with E-state index in [0.29, 0.717) is 5.82 Å². The van der Waals surface area contributed by atoms with Gasteiger partial charge in [-0.15, -0.1) is 0 Å². The van der Waals surface area contributed by atoms with Crippen molar-refractivity contribution in [1.29, 1.82) is 0 Å². The zero-order chi connectivity index (χ0) is 12.5. The molecule has 1 aromatic heterocycles. The van der Waals surface area contributed by atoms with Crippen molar-refractivity contribution in [2.75, 3.05) is 0 Å². The second kappa shape index (κ2) is 3.87. The lowest BCUT2D eigenvalue weighted by Gasteiger charge is -2.13. The molecule has 0 fully saturated rings. The van der Waals surface area contributed by atoms with Crippen LogP contribution in [0.3, 0.4) is 0 Å². The molecule has 16 heavy (non-hydrogen) atoms. The number of imidazole rings is 1. The summed E-state index contributed by atoms with van der Waals surface area (Å²) in [7, 11) is 1.47. The summed E-state index contributed by atoms with van der Waals surface area (Å²) in [6.07, 6.45) is 1.15. The number of aromatic nitrogens is 2. The Morgan fingerprint density at radius 1 is 1.44 bits per heavy atom. The normalized spacial score (nSPS) is 11.4. The van der Waals surface area contributed by atoms with Crippen molar-refractivity contribution in [2.24, 2.45) is 7.05 Å². The van der Waals surface area contributed by atoms with Crippen LogP contribution in [0.2, 0.25) is 0 Å². The fourth-order valence-corrected chi connectivity index (χ4v) is 1.22. The first-order valence-corrected chi connectivity index (χ1v) is 4.55. The smallest absolute Gasteiger partial charge is 0.342 e. The largest absolute Gasteiger partial charge is 0.358 e. The summed E-state index contributed by atoms with van der Waals surface area (Å²) in [6.45, 7) is 2.90. The molecule has 0 atom stereocenters. The molecule has 1 aromatic rings. The van der Waals surface area contributed by atoms with Gasteiger partial charge < -0.3 is 10.1 Å². The third-order valence-corrected chi connectivity index (χ3v) is 2.33. The second-order valence-electron chi connectivity index (χ2n) is 4.10. The number of hydrogen-bond donors (Lipinski definition) is 0. The minimum atomic E-state index is -1.19. The molecule has 0 saturated heterocycles. The van der Waals surface area contributed by atoms with Crippen LogP contribution < -0.4 is 0 Å². The second-order valence-corrected chi connectivity index (χ2v) is 4.10. The highest BCUT2D eigenvalue weighted by molar-refractivity contribution is 5.19. The predicted molar refractivity (Wildman–Crippen MR) is 54.6 cm³/mol. The van der Waals surface area contributed by atoms with Gasteiger partial charge >= 0.3 is 5.82 Å². The lowest BCUT2D eigenvalue weighted by molar-refractivity contribution is -0.560. The average Bonchev–Trinajstić information content (AvgIpc) is 2.47. The Kier molecular flexibility index (Phi) is 2.92. The maximum absolute atomic E-state index is 10.7. The SMILES string of the molecule is Cn1c([N+](=O)[O-])cnc1CC(C)(C)[N+](=O)[O-]. The standard InChI is InChI=1S/C8H12N4O4/c1-8(2,12(15)16)4-6-9-5-7(10(6)3)11(13)14/h5H,4H2,1-3H3. The Morgan fingerprint density at radius 3 is 2.38 bits per heavy atom. The van der Waals surface area contributed by atoms with Crippen LogP contribution in [0.15, 0.2) is 6.20 Å². The quantitative estimate of drug-likeness (QED) is 0.563. The highest BCUT2D eigenvalue weighted by atomic mass is 16.6. The Labute approximate surface area is 91.2 Å². The van der Waals surface area contributed by atoms with Crippen molar-refractivity contribution in [3.63, 3.8) is 0 Å². The summed E-state index contributed by atoms with van der Waals surface area (Å²) >= 11 is 0. The molecular formula is C8H12N4O4. The molecule has 0 N–H and O–H groups in total. The van der Waals surface area contributed by atoms with Gasteiger partial charge in [-0.2, -0.15) is 0 Å². The molecule has 88 valence electrons. The number of nitrogens with zero attached hydrogens (tertiary/aromatic N) is 4. The van der Waals surface area contributed by atoms with Crippen molar-refractivity contribution in [3.8, 4) is 0 Å². The topological polar surface area (TPSA) is 104 Å². The molecule has 1 rings (SSSR count).